The average Bonchev–Trinajstić information content (AvgIpc) is 3.13. The van der Waals surface area contributed by atoms with Gasteiger partial charge in [-0.05, 0) is 37.1 Å². The van der Waals surface area contributed by atoms with Crippen molar-refractivity contribution in [2.24, 2.45) is 0 Å². The number of amides is 1. The molecule has 0 unspecified atom stereocenters. The van der Waals surface area contributed by atoms with Crippen LogP contribution in [0.3, 0.4) is 0 Å². The number of unbranched alkanes of at least 4 members (excludes halogenated alkanes) is 1. The summed E-state index contributed by atoms with van der Waals surface area (Å²) in [5.41, 5.74) is 1.38. The Bertz CT molecular complexity index is 745. The van der Waals surface area contributed by atoms with Gasteiger partial charge in [0.05, 0.1) is 26.0 Å². The summed E-state index contributed by atoms with van der Waals surface area (Å²) in [4.78, 5) is 16.6. The molecule has 8 heteroatoms. The molecule has 2 aromatic rings. The highest BCUT2D eigenvalue weighted by Crippen LogP contribution is 2.12. The van der Waals surface area contributed by atoms with Crippen LogP contribution in [0.2, 0.25) is 5.02 Å². The van der Waals surface area contributed by atoms with E-state index in [-0.39, 0.29) is 5.91 Å². The predicted molar refractivity (Wildman–Crippen MR) is 104 cm³/mol. The van der Waals surface area contributed by atoms with Gasteiger partial charge in [0.1, 0.15) is 0 Å². The van der Waals surface area contributed by atoms with Crippen molar-refractivity contribution in [3.63, 3.8) is 0 Å². The highest BCUT2D eigenvalue weighted by molar-refractivity contribution is 6.30. The third-order valence-electron chi connectivity index (χ3n) is 4.66. The molecular formula is C19H26ClN5O2. The molecule has 1 amide bonds. The molecule has 27 heavy (non-hydrogen) atoms. The van der Waals surface area contributed by atoms with Gasteiger partial charge in [-0.1, -0.05) is 28.9 Å². The number of hydrogen-bond acceptors (Lipinski definition) is 5. The van der Waals surface area contributed by atoms with Crippen LogP contribution in [-0.4, -0.2) is 77.1 Å². The van der Waals surface area contributed by atoms with E-state index >= 15 is 0 Å². The van der Waals surface area contributed by atoms with Crippen LogP contribution in [0.5, 0.6) is 0 Å². The van der Waals surface area contributed by atoms with Gasteiger partial charge in [0, 0.05) is 31.7 Å². The summed E-state index contributed by atoms with van der Waals surface area (Å²) < 4.78 is 7.01. The molecule has 0 N–H and O–H groups in total. The Kier molecular flexibility index (Phi) is 7.20. The Morgan fingerprint density at radius 1 is 1.30 bits per heavy atom. The standard InChI is InChI=1S/C19H26ClN5O2/c1-23(7-2-3-8-24-9-11-27-12-10-24)19(26)18-15-25(22-21-18)14-16-5-4-6-17(20)13-16/h4-6,13,15H,2-3,7-12,14H2,1H3. The molecule has 0 spiro atoms. The monoisotopic (exact) mass is 391 g/mol. The van der Waals surface area contributed by atoms with Crippen LogP contribution in [0, 0.1) is 0 Å². The van der Waals surface area contributed by atoms with Crippen molar-refractivity contribution in [3.05, 3.63) is 46.7 Å². The van der Waals surface area contributed by atoms with E-state index in [0.717, 1.165) is 51.3 Å². The Balaban J connectivity index is 1.43. The van der Waals surface area contributed by atoms with Gasteiger partial charge in [0.15, 0.2) is 5.69 Å². The number of rotatable bonds is 8. The molecule has 1 aliphatic heterocycles. The van der Waals surface area contributed by atoms with Gasteiger partial charge in [0.2, 0.25) is 0 Å². The molecule has 7 nitrogen and oxygen atoms in total. The minimum atomic E-state index is -0.0984. The molecule has 0 bridgehead atoms. The van der Waals surface area contributed by atoms with Crippen molar-refractivity contribution in [1.82, 2.24) is 24.8 Å². The molecule has 3 rings (SSSR count). The first-order chi connectivity index (χ1) is 13.1. The number of aromatic nitrogens is 3. The second-order valence-corrected chi connectivity index (χ2v) is 7.26. The van der Waals surface area contributed by atoms with Crippen LogP contribution < -0.4 is 0 Å². The van der Waals surface area contributed by atoms with E-state index in [1.165, 1.54) is 0 Å². The van der Waals surface area contributed by atoms with Crippen molar-refractivity contribution in [2.75, 3.05) is 46.4 Å². The molecule has 1 saturated heterocycles. The molecule has 1 fully saturated rings. The fourth-order valence-corrected chi connectivity index (χ4v) is 3.32. The molecule has 1 aromatic heterocycles. The highest BCUT2D eigenvalue weighted by atomic mass is 35.5. The number of halogens is 1. The van der Waals surface area contributed by atoms with Crippen molar-refractivity contribution in [1.29, 1.82) is 0 Å². The van der Waals surface area contributed by atoms with E-state index in [0.29, 0.717) is 23.8 Å². The maximum atomic E-state index is 12.5. The summed E-state index contributed by atoms with van der Waals surface area (Å²) >= 11 is 6.00. The largest absolute Gasteiger partial charge is 0.379 e. The van der Waals surface area contributed by atoms with E-state index in [1.54, 1.807) is 15.8 Å². The first kappa shape index (κ1) is 19.8. The molecule has 0 atom stereocenters. The van der Waals surface area contributed by atoms with E-state index in [4.69, 9.17) is 16.3 Å². The third-order valence-corrected chi connectivity index (χ3v) is 4.89. The number of hydrogen-bond donors (Lipinski definition) is 0. The summed E-state index contributed by atoms with van der Waals surface area (Å²) in [6.45, 7) is 5.96. The molecule has 146 valence electrons. The zero-order valence-electron chi connectivity index (χ0n) is 15.7. The first-order valence-electron chi connectivity index (χ1n) is 9.32. The lowest BCUT2D eigenvalue weighted by Gasteiger charge is -2.26. The van der Waals surface area contributed by atoms with Crippen LogP contribution >= 0.6 is 11.6 Å². The van der Waals surface area contributed by atoms with Gasteiger partial charge in [0.25, 0.3) is 5.91 Å². The van der Waals surface area contributed by atoms with Crippen LogP contribution in [-0.2, 0) is 11.3 Å². The quantitative estimate of drug-likeness (QED) is 0.645. The lowest BCUT2D eigenvalue weighted by Crippen LogP contribution is -2.37. The summed E-state index contributed by atoms with van der Waals surface area (Å²) in [5, 5.41) is 8.77. The fourth-order valence-electron chi connectivity index (χ4n) is 3.10. The summed E-state index contributed by atoms with van der Waals surface area (Å²) in [7, 11) is 1.81. The first-order valence-corrected chi connectivity index (χ1v) is 9.70. The highest BCUT2D eigenvalue weighted by Gasteiger charge is 2.16. The van der Waals surface area contributed by atoms with Crippen LogP contribution in [0.15, 0.2) is 30.5 Å². The number of carbonyl (C=O) groups excluding carboxylic acids is 1. The molecular weight excluding hydrogens is 366 g/mol. The Hall–Kier alpha value is -1.96. The number of nitrogens with zero attached hydrogens (tertiary/aromatic N) is 5. The van der Waals surface area contributed by atoms with E-state index < -0.39 is 0 Å². The van der Waals surface area contributed by atoms with Crippen molar-refractivity contribution in [2.45, 2.75) is 19.4 Å². The van der Waals surface area contributed by atoms with Crippen molar-refractivity contribution < 1.29 is 9.53 Å². The predicted octanol–water partition coefficient (Wildman–Crippen LogP) is 2.16. The van der Waals surface area contributed by atoms with Crippen molar-refractivity contribution >= 4 is 17.5 Å². The van der Waals surface area contributed by atoms with Crippen molar-refractivity contribution in [3.8, 4) is 0 Å². The van der Waals surface area contributed by atoms with E-state index in [9.17, 15) is 4.79 Å². The molecule has 2 heterocycles. The smallest absolute Gasteiger partial charge is 0.275 e. The van der Waals surface area contributed by atoms with Gasteiger partial charge in [-0.15, -0.1) is 5.10 Å². The molecule has 1 aliphatic rings. The maximum absolute atomic E-state index is 12.5. The van der Waals surface area contributed by atoms with E-state index in [1.807, 2.05) is 31.3 Å². The number of ether oxygens (including phenoxy) is 1. The topological polar surface area (TPSA) is 63.5 Å². The maximum Gasteiger partial charge on any atom is 0.275 e. The summed E-state index contributed by atoms with van der Waals surface area (Å²) in [6, 6.07) is 7.57. The Labute approximate surface area is 164 Å². The molecule has 0 saturated carbocycles. The normalized spacial score (nSPS) is 15.0. The SMILES string of the molecule is CN(CCCCN1CCOCC1)C(=O)c1cn(Cc2cccc(Cl)c2)nn1. The number of benzene rings is 1. The summed E-state index contributed by atoms with van der Waals surface area (Å²) in [6.07, 6.45) is 3.72. The third kappa shape index (κ3) is 6.02. The Morgan fingerprint density at radius 2 is 2.11 bits per heavy atom. The van der Waals surface area contributed by atoms with Gasteiger partial charge < -0.3 is 9.64 Å². The average molecular weight is 392 g/mol. The zero-order chi connectivity index (χ0) is 19.1. The molecule has 0 aliphatic carbocycles. The van der Waals surface area contributed by atoms with Gasteiger partial charge >= 0.3 is 0 Å². The zero-order valence-corrected chi connectivity index (χ0v) is 16.4. The second-order valence-electron chi connectivity index (χ2n) is 6.82. The number of carbonyl (C=O) groups is 1. The van der Waals surface area contributed by atoms with Gasteiger partial charge in [-0.25, -0.2) is 4.68 Å². The van der Waals surface area contributed by atoms with Gasteiger partial charge in [-0.2, -0.15) is 0 Å². The van der Waals surface area contributed by atoms with Crippen LogP contribution in [0.4, 0.5) is 0 Å². The number of morpholine rings is 1. The second kappa shape index (κ2) is 9.82. The molecule has 0 radical (unpaired) electrons. The van der Waals surface area contributed by atoms with E-state index in [2.05, 4.69) is 15.2 Å². The fraction of sp³-hybridized carbons (Fsp3) is 0.526. The minimum absolute atomic E-state index is 0.0984. The van der Waals surface area contributed by atoms with Gasteiger partial charge in [-0.3, -0.25) is 9.69 Å². The van der Waals surface area contributed by atoms with Crippen LogP contribution in [0.25, 0.3) is 0 Å². The Morgan fingerprint density at radius 3 is 2.89 bits per heavy atom. The van der Waals surface area contributed by atoms with Crippen LogP contribution in [0.1, 0.15) is 28.9 Å². The lowest BCUT2D eigenvalue weighted by molar-refractivity contribution is 0.0369. The summed E-state index contributed by atoms with van der Waals surface area (Å²) in [5.74, 6) is -0.0984. The lowest BCUT2D eigenvalue weighted by atomic mass is 10.2. The minimum Gasteiger partial charge on any atom is -0.379 e. The molecule has 1 aromatic carbocycles.